The zero-order valence-corrected chi connectivity index (χ0v) is 13.3. The van der Waals surface area contributed by atoms with Gasteiger partial charge in [-0.1, -0.05) is 23.2 Å². The lowest BCUT2D eigenvalue weighted by Gasteiger charge is -2.10. The van der Waals surface area contributed by atoms with Gasteiger partial charge in [-0.3, -0.25) is 20.4 Å². The van der Waals surface area contributed by atoms with E-state index in [0.29, 0.717) is 0 Å². The molecule has 0 atom stereocenters. The first-order valence-electron chi connectivity index (χ1n) is 6.41. The van der Waals surface area contributed by atoms with E-state index in [1.807, 2.05) is 0 Å². The molecule has 2 aromatic carbocycles. The van der Waals surface area contributed by atoms with Crippen molar-refractivity contribution in [2.75, 3.05) is 0 Å². The van der Waals surface area contributed by atoms with E-state index in [-0.39, 0.29) is 21.2 Å². The minimum absolute atomic E-state index is 0.0388. The van der Waals surface area contributed by atoms with E-state index in [4.69, 9.17) is 23.2 Å². The van der Waals surface area contributed by atoms with E-state index >= 15 is 0 Å². The van der Waals surface area contributed by atoms with Crippen LogP contribution in [0, 0.1) is 0 Å². The maximum absolute atomic E-state index is 12.5. The van der Waals surface area contributed by atoms with Gasteiger partial charge < -0.3 is 0 Å². The van der Waals surface area contributed by atoms with Gasteiger partial charge in [0.15, 0.2) is 0 Å². The summed E-state index contributed by atoms with van der Waals surface area (Å²) in [4.78, 5) is 23.7. The van der Waals surface area contributed by atoms with E-state index in [0.717, 1.165) is 24.3 Å². The summed E-state index contributed by atoms with van der Waals surface area (Å²) < 4.78 is 37.4. The molecule has 0 fully saturated rings. The molecule has 0 bridgehead atoms. The molecule has 0 heterocycles. The standard InChI is InChI=1S/C15H9Cl2F3N2O2/c16-10-5-6-12(17)11(7-10)14(24)22-21-13(23)8-1-3-9(4-2-8)15(18,19)20/h1-7H,(H,21,23)(H,22,24). The van der Waals surface area contributed by atoms with Crippen molar-refractivity contribution >= 4 is 35.0 Å². The summed E-state index contributed by atoms with van der Waals surface area (Å²) in [5.74, 6) is -1.50. The number of hydrogen-bond acceptors (Lipinski definition) is 2. The molecule has 0 saturated heterocycles. The number of hydrogen-bond donors (Lipinski definition) is 2. The summed E-state index contributed by atoms with van der Waals surface area (Å²) in [5.41, 5.74) is 3.29. The Labute approximate surface area is 144 Å². The number of carbonyl (C=O) groups excluding carboxylic acids is 2. The Morgan fingerprint density at radius 1 is 0.875 bits per heavy atom. The fourth-order valence-corrected chi connectivity index (χ4v) is 2.11. The topological polar surface area (TPSA) is 58.2 Å². The lowest BCUT2D eigenvalue weighted by atomic mass is 10.1. The molecule has 24 heavy (non-hydrogen) atoms. The van der Waals surface area contributed by atoms with Crippen molar-refractivity contribution in [2.45, 2.75) is 6.18 Å². The van der Waals surface area contributed by atoms with Gasteiger partial charge in [0.05, 0.1) is 16.1 Å². The molecule has 126 valence electrons. The van der Waals surface area contributed by atoms with E-state index in [9.17, 15) is 22.8 Å². The number of amides is 2. The molecule has 0 unspecified atom stereocenters. The minimum Gasteiger partial charge on any atom is -0.267 e. The molecule has 0 radical (unpaired) electrons. The van der Waals surface area contributed by atoms with Crippen molar-refractivity contribution in [3.63, 3.8) is 0 Å². The van der Waals surface area contributed by atoms with Gasteiger partial charge >= 0.3 is 6.18 Å². The van der Waals surface area contributed by atoms with Crippen molar-refractivity contribution in [2.24, 2.45) is 0 Å². The van der Waals surface area contributed by atoms with Crippen molar-refractivity contribution < 1.29 is 22.8 Å². The van der Waals surface area contributed by atoms with Crippen LogP contribution in [0.2, 0.25) is 10.0 Å². The molecular formula is C15H9Cl2F3N2O2. The molecule has 0 saturated carbocycles. The summed E-state index contributed by atoms with van der Waals surface area (Å²) in [7, 11) is 0. The van der Waals surface area contributed by atoms with Gasteiger partial charge in [-0.2, -0.15) is 13.2 Å². The SMILES string of the molecule is O=C(NNC(=O)c1cc(Cl)ccc1Cl)c1ccc(C(F)(F)F)cc1. The third kappa shape index (κ3) is 4.39. The molecule has 2 N–H and O–H groups in total. The van der Waals surface area contributed by atoms with Crippen LogP contribution in [0.25, 0.3) is 0 Å². The average molecular weight is 377 g/mol. The van der Waals surface area contributed by atoms with E-state index in [1.54, 1.807) is 0 Å². The Morgan fingerprint density at radius 2 is 1.46 bits per heavy atom. The Bertz CT molecular complexity index is 777. The highest BCUT2D eigenvalue weighted by Gasteiger charge is 2.30. The quantitative estimate of drug-likeness (QED) is 0.775. The number of carbonyl (C=O) groups is 2. The first-order valence-corrected chi connectivity index (χ1v) is 7.17. The predicted molar refractivity (Wildman–Crippen MR) is 82.8 cm³/mol. The Morgan fingerprint density at radius 3 is 2.04 bits per heavy atom. The highest BCUT2D eigenvalue weighted by atomic mass is 35.5. The molecule has 0 aliphatic heterocycles. The summed E-state index contributed by atoms with van der Waals surface area (Å²) in [6, 6.07) is 7.74. The van der Waals surface area contributed by atoms with Crippen LogP contribution in [0.15, 0.2) is 42.5 Å². The maximum Gasteiger partial charge on any atom is 0.416 e. The van der Waals surface area contributed by atoms with Crippen molar-refractivity contribution in [1.29, 1.82) is 0 Å². The Hall–Kier alpha value is -2.25. The average Bonchev–Trinajstić information content (AvgIpc) is 2.53. The van der Waals surface area contributed by atoms with Crippen LogP contribution in [0.3, 0.4) is 0 Å². The molecule has 2 aromatic rings. The third-order valence-electron chi connectivity index (χ3n) is 2.94. The number of hydrazine groups is 1. The van der Waals surface area contributed by atoms with Gasteiger partial charge in [0.1, 0.15) is 0 Å². The van der Waals surface area contributed by atoms with Crippen LogP contribution in [-0.2, 0) is 6.18 Å². The second-order valence-corrected chi connectivity index (χ2v) is 5.45. The summed E-state index contributed by atoms with van der Waals surface area (Å²) in [6.45, 7) is 0. The van der Waals surface area contributed by atoms with Crippen molar-refractivity contribution in [3.05, 3.63) is 69.2 Å². The van der Waals surface area contributed by atoms with Crippen LogP contribution in [0.5, 0.6) is 0 Å². The van der Waals surface area contributed by atoms with Gasteiger partial charge in [0.2, 0.25) is 0 Å². The highest BCUT2D eigenvalue weighted by Crippen LogP contribution is 2.29. The first kappa shape index (κ1) is 18.1. The molecule has 2 amide bonds. The van der Waals surface area contributed by atoms with Crippen LogP contribution >= 0.6 is 23.2 Å². The molecule has 0 spiro atoms. The Kier molecular flexibility index (Phi) is 5.36. The number of nitrogens with one attached hydrogen (secondary N) is 2. The smallest absolute Gasteiger partial charge is 0.267 e. The molecular weight excluding hydrogens is 368 g/mol. The van der Waals surface area contributed by atoms with E-state index in [1.165, 1.54) is 18.2 Å². The normalized spacial score (nSPS) is 11.0. The second kappa shape index (κ2) is 7.11. The molecule has 2 rings (SSSR count). The number of benzene rings is 2. The fraction of sp³-hybridized carbons (Fsp3) is 0.0667. The zero-order valence-electron chi connectivity index (χ0n) is 11.7. The fourth-order valence-electron chi connectivity index (χ4n) is 1.74. The monoisotopic (exact) mass is 376 g/mol. The highest BCUT2D eigenvalue weighted by molar-refractivity contribution is 6.35. The van der Waals surface area contributed by atoms with Gasteiger partial charge in [-0.05, 0) is 42.5 Å². The minimum atomic E-state index is -4.49. The lowest BCUT2D eigenvalue weighted by Crippen LogP contribution is -2.41. The van der Waals surface area contributed by atoms with E-state index in [2.05, 4.69) is 10.9 Å². The second-order valence-electron chi connectivity index (χ2n) is 4.61. The van der Waals surface area contributed by atoms with E-state index < -0.39 is 23.6 Å². The summed E-state index contributed by atoms with van der Waals surface area (Å²) >= 11 is 11.6. The molecule has 4 nitrogen and oxygen atoms in total. The number of alkyl halides is 3. The van der Waals surface area contributed by atoms with Gasteiger partial charge in [-0.15, -0.1) is 0 Å². The van der Waals surface area contributed by atoms with Crippen LogP contribution in [0.4, 0.5) is 13.2 Å². The van der Waals surface area contributed by atoms with Gasteiger partial charge in [-0.25, -0.2) is 0 Å². The zero-order chi connectivity index (χ0) is 17.9. The van der Waals surface area contributed by atoms with Crippen LogP contribution in [0.1, 0.15) is 26.3 Å². The lowest BCUT2D eigenvalue weighted by molar-refractivity contribution is -0.137. The van der Waals surface area contributed by atoms with Crippen molar-refractivity contribution in [1.82, 2.24) is 10.9 Å². The van der Waals surface area contributed by atoms with Gasteiger partial charge in [0, 0.05) is 10.6 Å². The van der Waals surface area contributed by atoms with Gasteiger partial charge in [0.25, 0.3) is 11.8 Å². The maximum atomic E-state index is 12.5. The summed E-state index contributed by atoms with van der Waals surface area (Å²) in [5, 5.41) is 0.402. The third-order valence-corrected chi connectivity index (χ3v) is 3.50. The van der Waals surface area contributed by atoms with Crippen LogP contribution < -0.4 is 10.9 Å². The Balaban J connectivity index is 2.02. The first-order chi connectivity index (χ1) is 11.2. The number of rotatable bonds is 2. The largest absolute Gasteiger partial charge is 0.416 e. The van der Waals surface area contributed by atoms with Crippen LogP contribution in [-0.4, -0.2) is 11.8 Å². The molecule has 9 heteroatoms. The van der Waals surface area contributed by atoms with Crippen molar-refractivity contribution in [3.8, 4) is 0 Å². The number of halogens is 5. The summed E-state index contributed by atoms with van der Waals surface area (Å²) in [6.07, 6.45) is -4.49. The molecule has 0 aromatic heterocycles. The molecule has 0 aliphatic rings. The predicted octanol–water partition coefficient (Wildman–Crippen LogP) is 4.09. The molecule has 0 aliphatic carbocycles.